The van der Waals surface area contributed by atoms with E-state index in [1.54, 1.807) is 17.2 Å². The summed E-state index contributed by atoms with van der Waals surface area (Å²) in [5, 5.41) is 0. The molecule has 3 heterocycles. The van der Waals surface area contributed by atoms with Crippen LogP contribution in [0.4, 0.5) is 0 Å². The van der Waals surface area contributed by atoms with Gasteiger partial charge in [0.15, 0.2) is 5.78 Å². The number of hydrogen-bond donors (Lipinski definition) is 1. The quantitative estimate of drug-likeness (QED) is 0.889. The van der Waals surface area contributed by atoms with Gasteiger partial charge in [-0.15, -0.1) is 0 Å². The first-order chi connectivity index (χ1) is 12.1. The highest BCUT2D eigenvalue weighted by Crippen LogP contribution is 2.31. The number of carbonyl (C=O) groups is 2. The van der Waals surface area contributed by atoms with Crippen molar-refractivity contribution in [3.05, 3.63) is 57.4 Å². The van der Waals surface area contributed by atoms with E-state index in [0.29, 0.717) is 50.4 Å². The third-order valence-electron chi connectivity index (χ3n) is 4.78. The van der Waals surface area contributed by atoms with Crippen LogP contribution in [-0.4, -0.2) is 47.9 Å². The minimum atomic E-state index is -0.455. The number of nitrogens with one attached hydrogen (secondary N) is 1. The highest BCUT2D eigenvalue weighted by molar-refractivity contribution is 6.02. The van der Waals surface area contributed by atoms with Crippen LogP contribution in [0.3, 0.4) is 0 Å². The van der Waals surface area contributed by atoms with Crippen LogP contribution in [0.5, 0.6) is 0 Å². The van der Waals surface area contributed by atoms with Crippen LogP contribution >= 0.6 is 0 Å². The van der Waals surface area contributed by atoms with Gasteiger partial charge in [-0.1, -0.05) is 0 Å². The lowest BCUT2D eigenvalue weighted by molar-refractivity contribution is 0.0301. The van der Waals surface area contributed by atoms with Crippen molar-refractivity contribution in [1.29, 1.82) is 0 Å². The molecule has 1 fully saturated rings. The number of morpholine rings is 1. The van der Waals surface area contributed by atoms with Gasteiger partial charge in [-0.2, -0.15) is 0 Å². The standard InChI is InChI=1S/C18H18N2O5/c21-15-9-11(16-2-1-5-25-16)8-14-12(15)10-13(17(22)19-14)18(23)20-3-6-24-7-4-20/h1-2,5,10-11H,3-4,6-9H2,(H,19,22)/t11-/m0/s1. The van der Waals surface area contributed by atoms with E-state index in [2.05, 4.69) is 4.98 Å². The summed E-state index contributed by atoms with van der Waals surface area (Å²) in [5.74, 6) is 0.197. The largest absolute Gasteiger partial charge is 0.469 e. The zero-order valence-electron chi connectivity index (χ0n) is 13.6. The first-order valence-electron chi connectivity index (χ1n) is 8.33. The maximum atomic E-state index is 12.6. The maximum Gasteiger partial charge on any atom is 0.261 e. The van der Waals surface area contributed by atoms with Gasteiger partial charge < -0.3 is 19.0 Å². The third kappa shape index (κ3) is 2.91. The Morgan fingerprint density at radius 1 is 1.20 bits per heavy atom. The topological polar surface area (TPSA) is 92.6 Å². The molecule has 1 atom stereocenters. The molecule has 0 aromatic carbocycles. The summed E-state index contributed by atoms with van der Waals surface area (Å²) in [7, 11) is 0. The Bertz CT molecular complexity index is 862. The van der Waals surface area contributed by atoms with Crippen LogP contribution in [-0.2, 0) is 11.2 Å². The number of carbonyl (C=O) groups excluding carboxylic acids is 2. The van der Waals surface area contributed by atoms with E-state index in [-0.39, 0.29) is 23.2 Å². The second kappa shape index (κ2) is 6.33. The summed E-state index contributed by atoms with van der Waals surface area (Å²) in [5.41, 5.74) is 0.564. The van der Waals surface area contributed by atoms with Gasteiger partial charge in [0, 0.05) is 36.7 Å². The normalized spacial score (nSPS) is 20.4. The molecule has 0 unspecified atom stereocenters. The van der Waals surface area contributed by atoms with Crippen molar-refractivity contribution in [2.45, 2.75) is 18.8 Å². The Labute approximate surface area is 143 Å². The van der Waals surface area contributed by atoms with Crippen molar-refractivity contribution in [3.63, 3.8) is 0 Å². The van der Waals surface area contributed by atoms with E-state index >= 15 is 0 Å². The number of Topliss-reactive ketones (excluding diaryl/α,β-unsaturated/α-hetero) is 1. The number of aromatic amines is 1. The molecule has 1 aliphatic carbocycles. The third-order valence-corrected chi connectivity index (χ3v) is 4.78. The molecule has 2 aromatic heterocycles. The number of ether oxygens (including phenoxy) is 1. The van der Waals surface area contributed by atoms with E-state index in [1.807, 2.05) is 6.07 Å². The lowest BCUT2D eigenvalue weighted by Crippen LogP contribution is -2.43. The molecule has 4 rings (SSSR count). The lowest BCUT2D eigenvalue weighted by atomic mass is 9.84. The number of rotatable bonds is 2. The van der Waals surface area contributed by atoms with Crippen LogP contribution in [0.1, 0.15) is 44.5 Å². The Kier molecular flexibility index (Phi) is 4.01. The Hall–Kier alpha value is -2.67. The van der Waals surface area contributed by atoms with Crippen molar-refractivity contribution < 1.29 is 18.7 Å². The summed E-state index contributed by atoms with van der Waals surface area (Å²) in [6, 6.07) is 5.06. The minimum absolute atomic E-state index is 0.0189. The molecule has 0 bridgehead atoms. The number of nitrogens with zero attached hydrogens (tertiary/aromatic N) is 1. The molecule has 0 radical (unpaired) electrons. The summed E-state index contributed by atoms with van der Waals surface area (Å²) < 4.78 is 10.6. The summed E-state index contributed by atoms with van der Waals surface area (Å²) in [6.45, 7) is 1.81. The molecule has 0 spiro atoms. The lowest BCUT2D eigenvalue weighted by Gasteiger charge is -2.27. The number of hydrogen-bond acceptors (Lipinski definition) is 5. The monoisotopic (exact) mass is 342 g/mol. The zero-order valence-corrected chi connectivity index (χ0v) is 13.6. The highest BCUT2D eigenvalue weighted by Gasteiger charge is 2.31. The van der Waals surface area contributed by atoms with Gasteiger partial charge in [-0.3, -0.25) is 14.4 Å². The van der Waals surface area contributed by atoms with Gasteiger partial charge in [0.05, 0.1) is 19.5 Å². The predicted molar refractivity (Wildman–Crippen MR) is 87.9 cm³/mol. The first kappa shape index (κ1) is 15.8. The molecule has 1 aliphatic heterocycles. The molecule has 2 aliphatic rings. The second-order valence-corrected chi connectivity index (χ2v) is 6.35. The SMILES string of the molecule is O=C1C[C@@H](c2ccco2)Cc2[nH]c(=O)c(C(=O)N3CCOCC3)cc21. The summed E-state index contributed by atoms with van der Waals surface area (Å²) in [4.78, 5) is 41.9. The smallest absolute Gasteiger partial charge is 0.261 e. The number of furan rings is 1. The number of fused-ring (bicyclic) bond motifs is 1. The number of aromatic nitrogens is 1. The molecular weight excluding hydrogens is 324 g/mol. The molecule has 1 N–H and O–H groups in total. The van der Waals surface area contributed by atoms with Crippen molar-refractivity contribution >= 4 is 11.7 Å². The number of amides is 1. The van der Waals surface area contributed by atoms with Crippen molar-refractivity contribution in [1.82, 2.24) is 9.88 Å². The number of pyridine rings is 1. The van der Waals surface area contributed by atoms with Gasteiger partial charge >= 0.3 is 0 Å². The fraction of sp³-hybridized carbons (Fsp3) is 0.389. The Morgan fingerprint density at radius 2 is 2.00 bits per heavy atom. The molecular formula is C18H18N2O5. The molecule has 1 saturated heterocycles. The number of H-pyrrole nitrogens is 1. The van der Waals surface area contributed by atoms with E-state index in [4.69, 9.17) is 9.15 Å². The van der Waals surface area contributed by atoms with E-state index in [9.17, 15) is 14.4 Å². The molecule has 0 saturated carbocycles. The summed E-state index contributed by atoms with van der Waals surface area (Å²) >= 11 is 0. The van der Waals surface area contributed by atoms with Crippen molar-refractivity contribution in [2.24, 2.45) is 0 Å². The van der Waals surface area contributed by atoms with Gasteiger partial charge in [0.25, 0.3) is 11.5 Å². The zero-order chi connectivity index (χ0) is 17.4. The van der Waals surface area contributed by atoms with E-state index < -0.39 is 5.56 Å². The van der Waals surface area contributed by atoms with Crippen molar-refractivity contribution in [3.8, 4) is 0 Å². The Balaban J connectivity index is 1.66. The molecule has 7 heteroatoms. The molecule has 130 valence electrons. The minimum Gasteiger partial charge on any atom is -0.469 e. The van der Waals surface area contributed by atoms with Crippen LogP contribution in [0, 0.1) is 0 Å². The van der Waals surface area contributed by atoms with E-state index in [0.717, 1.165) is 5.76 Å². The molecule has 2 aromatic rings. The second-order valence-electron chi connectivity index (χ2n) is 6.35. The molecule has 25 heavy (non-hydrogen) atoms. The summed E-state index contributed by atoms with van der Waals surface area (Å²) in [6.07, 6.45) is 2.38. The average Bonchev–Trinajstić information content (AvgIpc) is 3.16. The fourth-order valence-electron chi connectivity index (χ4n) is 3.45. The van der Waals surface area contributed by atoms with Crippen LogP contribution in [0.2, 0.25) is 0 Å². The van der Waals surface area contributed by atoms with Crippen LogP contribution < -0.4 is 5.56 Å². The predicted octanol–water partition coefficient (Wildman–Crippen LogP) is 1.35. The molecule has 7 nitrogen and oxygen atoms in total. The highest BCUT2D eigenvalue weighted by atomic mass is 16.5. The van der Waals surface area contributed by atoms with Crippen molar-refractivity contribution in [2.75, 3.05) is 26.3 Å². The Morgan fingerprint density at radius 3 is 2.72 bits per heavy atom. The van der Waals surface area contributed by atoms with Crippen LogP contribution in [0.15, 0.2) is 33.7 Å². The number of ketones is 1. The maximum absolute atomic E-state index is 12.6. The first-order valence-corrected chi connectivity index (χ1v) is 8.33. The van der Waals surface area contributed by atoms with Crippen LogP contribution in [0.25, 0.3) is 0 Å². The van der Waals surface area contributed by atoms with E-state index in [1.165, 1.54) is 6.07 Å². The molecule has 1 amide bonds. The van der Waals surface area contributed by atoms with Gasteiger partial charge in [0.1, 0.15) is 11.3 Å². The van der Waals surface area contributed by atoms with Gasteiger partial charge in [-0.05, 0) is 24.6 Å². The fourth-order valence-corrected chi connectivity index (χ4v) is 3.45. The van der Waals surface area contributed by atoms with Gasteiger partial charge in [0.2, 0.25) is 0 Å². The van der Waals surface area contributed by atoms with Gasteiger partial charge in [-0.25, -0.2) is 0 Å². The average molecular weight is 342 g/mol.